The van der Waals surface area contributed by atoms with E-state index >= 15 is 0 Å². The van der Waals surface area contributed by atoms with E-state index in [0.717, 1.165) is 25.9 Å². The van der Waals surface area contributed by atoms with E-state index < -0.39 is 0 Å². The largest absolute Gasteiger partial charge is 0.393 e. The lowest BCUT2D eigenvalue weighted by atomic mass is 9.95. The molecule has 1 aliphatic heterocycles. The number of hydrogen-bond donors (Lipinski definition) is 1. The Morgan fingerprint density at radius 2 is 2.33 bits per heavy atom. The van der Waals surface area contributed by atoms with Crippen molar-refractivity contribution in [3.05, 3.63) is 0 Å². The second-order valence-corrected chi connectivity index (χ2v) is 3.85. The predicted octanol–water partition coefficient (Wildman–Crippen LogP) is 1.96. The second-order valence-electron chi connectivity index (χ2n) is 3.85. The fourth-order valence-corrected chi connectivity index (χ4v) is 1.77. The highest BCUT2D eigenvalue weighted by molar-refractivity contribution is 4.76. The van der Waals surface area contributed by atoms with Crippen LogP contribution >= 0.6 is 0 Å². The molecule has 3 unspecified atom stereocenters. The van der Waals surface area contributed by atoms with Gasteiger partial charge in [-0.1, -0.05) is 19.8 Å². The van der Waals surface area contributed by atoms with Crippen LogP contribution in [0, 0.1) is 5.92 Å². The van der Waals surface area contributed by atoms with Crippen LogP contribution in [0.25, 0.3) is 0 Å². The van der Waals surface area contributed by atoms with E-state index in [1.807, 2.05) is 0 Å². The molecular formula is C10H20O2. The molecule has 1 saturated heterocycles. The SMILES string of the molecule is CCCCC(O)C1COC(C)C1. The summed E-state index contributed by atoms with van der Waals surface area (Å²) in [4.78, 5) is 0. The molecular weight excluding hydrogens is 152 g/mol. The van der Waals surface area contributed by atoms with Gasteiger partial charge in [0.05, 0.1) is 18.8 Å². The Morgan fingerprint density at radius 1 is 1.58 bits per heavy atom. The van der Waals surface area contributed by atoms with Gasteiger partial charge in [0.15, 0.2) is 0 Å². The Balaban J connectivity index is 2.18. The maximum Gasteiger partial charge on any atom is 0.0591 e. The molecule has 2 heteroatoms. The highest BCUT2D eigenvalue weighted by Crippen LogP contribution is 2.24. The molecule has 0 aromatic carbocycles. The van der Waals surface area contributed by atoms with E-state index in [4.69, 9.17) is 4.74 Å². The van der Waals surface area contributed by atoms with Crippen molar-refractivity contribution in [1.82, 2.24) is 0 Å². The molecule has 2 nitrogen and oxygen atoms in total. The number of aliphatic hydroxyl groups excluding tert-OH is 1. The van der Waals surface area contributed by atoms with Gasteiger partial charge in [-0.2, -0.15) is 0 Å². The molecule has 0 aromatic heterocycles. The van der Waals surface area contributed by atoms with E-state index in [9.17, 15) is 5.11 Å². The molecule has 72 valence electrons. The van der Waals surface area contributed by atoms with Crippen LogP contribution in [0.1, 0.15) is 39.5 Å². The zero-order valence-corrected chi connectivity index (χ0v) is 8.12. The molecule has 0 amide bonds. The minimum atomic E-state index is -0.130. The molecule has 0 spiro atoms. The van der Waals surface area contributed by atoms with Crippen molar-refractivity contribution in [2.75, 3.05) is 6.61 Å². The number of unbranched alkanes of at least 4 members (excludes halogenated alkanes) is 1. The fraction of sp³-hybridized carbons (Fsp3) is 1.00. The summed E-state index contributed by atoms with van der Waals surface area (Å²) in [6.45, 7) is 4.99. The van der Waals surface area contributed by atoms with Crippen molar-refractivity contribution < 1.29 is 9.84 Å². The van der Waals surface area contributed by atoms with Crippen molar-refractivity contribution >= 4 is 0 Å². The van der Waals surface area contributed by atoms with Crippen LogP contribution in [-0.4, -0.2) is 23.9 Å². The Kier molecular flexibility index (Phi) is 4.02. The normalized spacial score (nSPS) is 32.2. The first kappa shape index (κ1) is 10.0. The van der Waals surface area contributed by atoms with Crippen LogP contribution in [-0.2, 0) is 4.74 Å². The summed E-state index contributed by atoms with van der Waals surface area (Å²) < 4.78 is 5.41. The average molecular weight is 172 g/mol. The van der Waals surface area contributed by atoms with E-state index in [1.54, 1.807) is 0 Å². The summed E-state index contributed by atoms with van der Waals surface area (Å²) in [6, 6.07) is 0. The zero-order chi connectivity index (χ0) is 8.97. The number of aliphatic hydroxyl groups is 1. The highest BCUT2D eigenvalue weighted by atomic mass is 16.5. The van der Waals surface area contributed by atoms with Crippen molar-refractivity contribution in [3.8, 4) is 0 Å². The van der Waals surface area contributed by atoms with Gasteiger partial charge in [0.2, 0.25) is 0 Å². The fourth-order valence-electron chi connectivity index (χ4n) is 1.77. The standard InChI is InChI=1S/C10H20O2/c1-3-4-5-10(11)9-6-8(2)12-7-9/h8-11H,3-7H2,1-2H3. The second kappa shape index (κ2) is 4.83. The lowest BCUT2D eigenvalue weighted by Crippen LogP contribution is -2.20. The maximum absolute atomic E-state index is 9.72. The minimum Gasteiger partial charge on any atom is -0.393 e. The van der Waals surface area contributed by atoms with Gasteiger partial charge in [0, 0.05) is 5.92 Å². The Labute approximate surface area is 74.9 Å². The first-order valence-electron chi connectivity index (χ1n) is 5.03. The average Bonchev–Trinajstić information content (AvgIpc) is 2.47. The number of rotatable bonds is 4. The molecule has 1 N–H and O–H groups in total. The van der Waals surface area contributed by atoms with Gasteiger partial charge in [-0.3, -0.25) is 0 Å². The number of ether oxygens (including phenoxy) is 1. The first-order valence-corrected chi connectivity index (χ1v) is 5.03. The molecule has 0 aliphatic carbocycles. The van der Waals surface area contributed by atoms with Gasteiger partial charge in [0.25, 0.3) is 0 Å². The Morgan fingerprint density at radius 3 is 2.83 bits per heavy atom. The summed E-state index contributed by atoms with van der Waals surface area (Å²) in [5.41, 5.74) is 0. The Bertz CT molecular complexity index is 125. The molecule has 1 fully saturated rings. The monoisotopic (exact) mass is 172 g/mol. The Hall–Kier alpha value is -0.0800. The lowest BCUT2D eigenvalue weighted by molar-refractivity contribution is 0.0743. The lowest BCUT2D eigenvalue weighted by Gasteiger charge is -2.15. The van der Waals surface area contributed by atoms with Crippen LogP contribution < -0.4 is 0 Å². The van der Waals surface area contributed by atoms with E-state index in [1.165, 1.54) is 6.42 Å². The third-order valence-electron chi connectivity index (χ3n) is 2.63. The van der Waals surface area contributed by atoms with Crippen LogP contribution in [0.4, 0.5) is 0 Å². The van der Waals surface area contributed by atoms with Crippen LogP contribution in [0.5, 0.6) is 0 Å². The molecule has 1 rings (SSSR count). The molecule has 3 atom stereocenters. The van der Waals surface area contributed by atoms with Crippen molar-refractivity contribution in [3.63, 3.8) is 0 Å². The predicted molar refractivity (Wildman–Crippen MR) is 49.1 cm³/mol. The van der Waals surface area contributed by atoms with Gasteiger partial charge < -0.3 is 9.84 Å². The molecule has 0 aromatic rings. The smallest absolute Gasteiger partial charge is 0.0591 e. The third-order valence-corrected chi connectivity index (χ3v) is 2.63. The topological polar surface area (TPSA) is 29.5 Å². The molecule has 1 aliphatic rings. The van der Waals surface area contributed by atoms with Crippen molar-refractivity contribution in [1.29, 1.82) is 0 Å². The van der Waals surface area contributed by atoms with Gasteiger partial charge in [-0.25, -0.2) is 0 Å². The molecule has 1 heterocycles. The summed E-state index contributed by atoms with van der Waals surface area (Å²) >= 11 is 0. The summed E-state index contributed by atoms with van der Waals surface area (Å²) in [5.74, 6) is 0.395. The number of hydrogen-bond acceptors (Lipinski definition) is 2. The van der Waals surface area contributed by atoms with E-state index in [2.05, 4.69) is 13.8 Å². The summed E-state index contributed by atoms with van der Waals surface area (Å²) in [5, 5.41) is 9.72. The van der Waals surface area contributed by atoms with Crippen LogP contribution in [0.2, 0.25) is 0 Å². The zero-order valence-electron chi connectivity index (χ0n) is 8.12. The highest BCUT2D eigenvalue weighted by Gasteiger charge is 2.27. The minimum absolute atomic E-state index is 0.130. The first-order chi connectivity index (χ1) is 5.74. The van der Waals surface area contributed by atoms with Gasteiger partial charge in [-0.15, -0.1) is 0 Å². The molecule has 0 radical (unpaired) electrons. The van der Waals surface area contributed by atoms with E-state index in [-0.39, 0.29) is 6.10 Å². The summed E-state index contributed by atoms with van der Waals surface area (Å²) in [7, 11) is 0. The van der Waals surface area contributed by atoms with E-state index in [0.29, 0.717) is 12.0 Å². The van der Waals surface area contributed by atoms with Gasteiger partial charge >= 0.3 is 0 Å². The third kappa shape index (κ3) is 2.76. The molecule has 0 bridgehead atoms. The summed E-state index contributed by atoms with van der Waals surface area (Å²) in [6.07, 6.45) is 4.50. The maximum atomic E-state index is 9.72. The van der Waals surface area contributed by atoms with Crippen molar-refractivity contribution in [2.24, 2.45) is 5.92 Å². The quantitative estimate of drug-likeness (QED) is 0.702. The van der Waals surface area contributed by atoms with Gasteiger partial charge in [-0.05, 0) is 19.8 Å². The van der Waals surface area contributed by atoms with Crippen LogP contribution in [0.15, 0.2) is 0 Å². The molecule has 12 heavy (non-hydrogen) atoms. The van der Waals surface area contributed by atoms with Gasteiger partial charge in [0.1, 0.15) is 0 Å². The van der Waals surface area contributed by atoms with Crippen LogP contribution in [0.3, 0.4) is 0 Å². The molecule has 0 saturated carbocycles. The van der Waals surface area contributed by atoms with Crippen molar-refractivity contribution in [2.45, 2.75) is 51.7 Å².